The maximum absolute atomic E-state index is 8.82. The fourth-order valence-electron chi connectivity index (χ4n) is 0.915. The quantitative estimate of drug-likeness (QED) is 0.865. The molecule has 1 aromatic rings. The molecule has 0 heterocycles. The monoisotopic (exact) mass is 230 g/mol. The summed E-state index contributed by atoms with van der Waals surface area (Å²) in [5.41, 5.74) is 0.880. The number of benzene rings is 1. The lowest BCUT2D eigenvalue weighted by Crippen LogP contribution is -1.93. The summed E-state index contributed by atoms with van der Waals surface area (Å²) >= 11 is 3.35. The summed E-state index contributed by atoms with van der Waals surface area (Å²) in [6.07, 6.45) is 0. The third-order valence-electron chi connectivity index (χ3n) is 1.48. The second-order valence-electron chi connectivity index (χ2n) is 2.36. The van der Waals surface area contributed by atoms with Gasteiger partial charge in [-0.2, -0.15) is 0 Å². The molecule has 3 heteroatoms. The third kappa shape index (κ3) is 2.22. The average Bonchev–Trinajstić information content (AvgIpc) is 2.09. The fraction of sp³-hybridized carbons (Fsp3) is 0.333. The first kappa shape index (κ1) is 9.55. The Morgan fingerprint density at radius 2 is 2.25 bits per heavy atom. The molecule has 0 amide bonds. The largest absolute Gasteiger partial charge is 0.493 e. The molecule has 12 heavy (non-hydrogen) atoms. The Balaban J connectivity index is 2.87. The highest BCUT2D eigenvalue weighted by Crippen LogP contribution is 2.25. The van der Waals surface area contributed by atoms with Crippen molar-refractivity contribution in [3.05, 3.63) is 28.2 Å². The van der Waals surface area contributed by atoms with E-state index in [1.807, 2.05) is 25.1 Å². The van der Waals surface area contributed by atoms with Crippen LogP contribution in [0.25, 0.3) is 0 Å². The van der Waals surface area contributed by atoms with Gasteiger partial charge in [0.15, 0.2) is 0 Å². The first-order valence-electron chi connectivity index (χ1n) is 3.80. The maximum atomic E-state index is 8.82. The van der Waals surface area contributed by atoms with Crippen molar-refractivity contribution in [2.75, 3.05) is 6.61 Å². The minimum atomic E-state index is 0.0605. The number of aliphatic hydroxyl groups excluding tert-OH is 1. The van der Waals surface area contributed by atoms with E-state index < -0.39 is 0 Å². The van der Waals surface area contributed by atoms with Crippen molar-refractivity contribution in [1.82, 2.24) is 0 Å². The fourth-order valence-corrected chi connectivity index (χ4v) is 1.46. The van der Waals surface area contributed by atoms with Gasteiger partial charge in [-0.15, -0.1) is 0 Å². The van der Waals surface area contributed by atoms with Crippen LogP contribution in [0.2, 0.25) is 0 Å². The summed E-state index contributed by atoms with van der Waals surface area (Å²) in [6.45, 7) is 2.65. The second-order valence-corrected chi connectivity index (χ2v) is 3.21. The number of hydrogen-bond acceptors (Lipinski definition) is 2. The molecule has 0 radical (unpaired) electrons. The van der Waals surface area contributed by atoms with Gasteiger partial charge in [-0.1, -0.05) is 6.07 Å². The number of rotatable bonds is 3. The lowest BCUT2D eigenvalue weighted by atomic mass is 10.2. The Hall–Kier alpha value is -0.540. The first-order valence-corrected chi connectivity index (χ1v) is 4.59. The van der Waals surface area contributed by atoms with Crippen molar-refractivity contribution in [2.24, 2.45) is 0 Å². The lowest BCUT2D eigenvalue weighted by molar-refractivity contribution is 0.281. The van der Waals surface area contributed by atoms with Crippen LogP contribution in [0, 0.1) is 0 Å². The SMILES string of the molecule is CCOc1ccc(CO)cc1Br. The Morgan fingerprint density at radius 3 is 2.75 bits per heavy atom. The van der Waals surface area contributed by atoms with Crippen molar-refractivity contribution in [3.63, 3.8) is 0 Å². The van der Waals surface area contributed by atoms with Crippen molar-refractivity contribution in [2.45, 2.75) is 13.5 Å². The molecule has 0 aliphatic carbocycles. The van der Waals surface area contributed by atoms with E-state index in [0.29, 0.717) is 6.61 Å². The van der Waals surface area contributed by atoms with Gasteiger partial charge in [0, 0.05) is 0 Å². The molecule has 0 aliphatic heterocycles. The van der Waals surface area contributed by atoms with E-state index in [4.69, 9.17) is 9.84 Å². The molecule has 66 valence electrons. The van der Waals surface area contributed by atoms with Gasteiger partial charge in [0.05, 0.1) is 17.7 Å². The highest BCUT2D eigenvalue weighted by Gasteiger charge is 2.00. The van der Waals surface area contributed by atoms with Gasteiger partial charge in [-0.3, -0.25) is 0 Å². The van der Waals surface area contributed by atoms with E-state index >= 15 is 0 Å². The normalized spacial score (nSPS) is 9.92. The standard InChI is InChI=1S/C9H11BrO2/c1-2-12-9-4-3-7(6-11)5-8(9)10/h3-5,11H,2,6H2,1H3. The molecular weight excluding hydrogens is 220 g/mol. The second kappa shape index (κ2) is 4.48. The van der Waals surface area contributed by atoms with Gasteiger partial charge in [0.25, 0.3) is 0 Å². The molecule has 1 aromatic carbocycles. The summed E-state index contributed by atoms with van der Waals surface area (Å²) in [4.78, 5) is 0. The summed E-state index contributed by atoms with van der Waals surface area (Å²) in [6, 6.07) is 5.54. The number of aliphatic hydroxyl groups is 1. The van der Waals surface area contributed by atoms with E-state index in [0.717, 1.165) is 15.8 Å². The zero-order chi connectivity index (χ0) is 8.97. The first-order chi connectivity index (χ1) is 5.77. The molecule has 1 N–H and O–H groups in total. The van der Waals surface area contributed by atoms with Crippen LogP contribution in [0.1, 0.15) is 12.5 Å². The van der Waals surface area contributed by atoms with Crippen molar-refractivity contribution >= 4 is 15.9 Å². The summed E-state index contributed by atoms with van der Waals surface area (Å²) in [5, 5.41) is 8.82. The van der Waals surface area contributed by atoms with Crippen LogP contribution in [0.3, 0.4) is 0 Å². The van der Waals surface area contributed by atoms with Crippen LogP contribution >= 0.6 is 15.9 Å². The molecule has 0 spiro atoms. The van der Waals surface area contributed by atoms with Gasteiger partial charge in [0.2, 0.25) is 0 Å². The van der Waals surface area contributed by atoms with Gasteiger partial charge in [-0.05, 0) is 40.5 Å². The molecule has 0 saturated carbocycles. The predicted molar refractivity (Wildman–Crippen MR) is 51.2 cm³/mol. The predicted octanol–water partition coefficient (Wildman–Crippen LogP) is 2.34. The number of halogens is 1. The van der Waals surface area contributed by atoms with Crippen LogP contribution in [-0.4, -0.2) is 11.7 Å². The molecule has 0 aliphatic rings. The van der Waals surface area contributed by atoms with Gasteiger partial charge >= 0.3 is 0 Å². The minimum Gasteiger partial charge on any atom is -0.493 e. The molecular formula is C9H11BrO2. The molecule has 0 saturated heterocycles. The van der Waals surface area contributed by atoms with Crippen LogP contribution in [0.5, 0.6) is 5.75 Å². The van der Waals surface area contributed by atoms with Crippen LogP contribution in [0.4, 0.5) is 0 Å². The third-order valence-corrected chi connectivity index (χ3v) is 2.10. The Morgan fingerprint density at radius 1 is 1.50 bits per heavy atom. The topological polar surface area (TPSA) is 29.5 Å². The maximum Gasteiger partial charge on any atom is 0.133 e. The summed E-state index contributed by atoms with van der Waals surface area (Å²) in [7, 11) is 0. The van der Waals surface area contributed by atoms with E-state index in [1.165, 1.54) is 0 Å². The minimum absolute atomic E-state index is 0.0605. The number of ether oxygens (including phenoxy) is 1. The summed E-state index contributed by atoms with van der Waals surface area (Å²) < 4.78 is 6.19. The molecule has 0 unspecified atom stereocenters. The Bertz CT molecular complexity index is 261. The Kier molecular flexibility index (Phi) is 3.56. The molecule has 1 rings (SSSR count). The molecule has 0 bridgehead atoms. The molecule has 0 aromatic heterocycles. The molecule has 2 nitrogen and oxygen atoms in total. The summed E-state index contributed by atoms with van der Waals surface area (Å²) in [5.74, 6) is 0.815. The smallest absolute Gasteiger partial charge is 0.133 e. The lowest BCUT2D eigenvalue weighted by Gasteiger charge is -2.06. The number of hydrogen-bond donors (Lipinski definition) is 1. The van der Waals surface area contributed by atoms with Crippen molar-refractivity contribution < 1.29 is 9.84 Å². The van der Waals surface area contributed by atoms with Crippen molar-refractivity contribution in [1.29, 1.82) is 0 Å². The highest BCUT2D eigenvalue weighted by atomic mass is 79.9. The van der Waals surface area contributed by atoms with Gasteiger partial charge < -0.3 is 9.84 Å². The van der Waals surface area contributed by atoms with E-state index in [9.17, 15) is 0 Å². The van der Waals surface area contributed by atoms with Gasteiger partial charge in [-0.25, -0.2) is 0 Å². The van der Waals surface area contributed by atoms with Crippen molar-refractivity contribution in [3.8, 4) is 5.75 Å². The van der Waals surface area contributed by atoms with E-state index in [-0.39, 0.29) is 6.61 Å². The zero-order valence-electron chi connectivity index (χ0n) is 6.88. The Labute approximate surface area is 80.3 Å². The molecule has 0 fully saturated rings. The zero-order valence-corrected chi connectivity index (χ0v) is 8.47. The van der Waals surface area contributed by atoms with Gasteiger partial charge in [0.1, 0.15) is 5.75 Å². The van der Waals surface area contributed by atoms with E-state index in [1.54, 1.807) is 0 Å². The van der Waals surface area contributed by atoms with Crippen LogP contribution in [-0.2, 0) is 6.61 Å². The average molecular weight is 231 g/mol. The highest BCUT2D eigenvalue weighted by molar-refractivity contribution is 9.10. The van der Waals surface area contributed by atoms with Crippen LogP contribution in [0.15, 0.2) is 22.7 Å². The van der Waals surface area contributed by atoms with E-state index in [2.05, 4.69) is 15.9 Å². The van der Waals surface area contributed by atoms with Crippen LogP contribution < -0.4 is 4.74 Å². The molecule has 0 atom stereocenters.